The van der Waals surface area contributed by atoms with Gasteiger partial charge >= 0.3 is 0 Å². The molecule has 0 saturated carbocycles. The van der Waals surface area contributed by atoms with E-state index in [-0.39, 0.29) is 5.84 Å². The van der Waals surface area contributed by atoms with Gasteiger partial charge < -0.3 is 21.5 Å². The van der Waals surface area contributed by atoms with Crippen LogP contribution in [0.5, 0.6) is 0 Å². The molecule has 1 aromatic heterocycles. The molecule has 0 atom stereocenters. The molecule has 2 aromatic carbocycles. The third-order valence-electron chi connectivity index (χ3n) is 3.80. The van der Waals surface area contributed by atoms with Crippen LogP contribution in [0.25, 0.3) is 22.3 Å². The average Bonchev–Trinajstić information content (AvgIpc) is 2.64. The molecular weight excluding hydrogens is 399 g/mol. The van der Waals surface area contributed by atoms with Gasteiger partial charge in [-0.1, -0.05) is 35.3 Å². The van der Waals surface area contributed by atoms with Gasteiger partial charge in [-0.15, -0.1) is 0 Å². The van der Waals surface area contributed by atoms with Gasteiger partial charge in [0.15, 0.2) is 11.7 Å². The largest absolute Gasteiger partial charge is 0.495 e. The second kappa shape index (κ2) is 8.77. The first kappa shape index (κ1) is 19.7. The molecule has 3 rings (SSSR count). The summed E-state index contributed by atoms with van der Waals surface area (Å²) < 4.78 is 0. The summed E-state index contributed by atoms with van der Waals surface area (Å²) in [4.78, 5) is 9.23. The van der Waals surface area contributed by atoms with E-state index in [1.807, 2.05) is 24.3 Å². The van der Waals surface area contributed by atoms with Crippen molar-refractivity contribution < 1.29 is 5.11 Å². The Balaban J connectivity index is 1.85. The molecule has 0 aliphatic heterocycles. The molecule has 144 valence electrons. The molecule has 0 amide bonds. The minimum atomic E-state index is -0.420. The topological polar surface area (TPSA) is 120 Å². The van der Waals surface area contributed by atoms with E-state index < -0.39 is 5.88 Å². The second-order valence-electron chi connectivity index (χ2n) is 5.87. The molecule has 0 saturated heterocycles. The summed E-state index contributed by atoms with van der Waals surface area (Å²) in [5, 5.41) is 24.5. The summed E-state index contributed by atoms with van der Waals surface area (Å²) in [7, 11) is 0. The zero-order valence-electron chi connectivity index (χ0n) is 14.7. The predicted octanol–water partition coefficient (Wildman–Crippen LogP) is 3.94. The molecule has 0 bridgehead atoms. The van der Waals surface area contributed by atoms with Crippen molar-refractivity contribution in [3.8, 4) is 11.4 Å². The molecule has 9 heteroatoms. The number of nitrogens with two attached hydrogens (primary N) is 1. The maximum Gasteiger partial charge on any atom is 0.185 e. The first-order chi connectivity index (χ1) is 13.4. The van der Waals surface area contributed by atoms with Crippen LogP contribution < -0.4 is 16.4 Å². The van der Waals surface area contributed by atoms with Crippen LogP contribution in [0.3, 0.4) is 0 Å². The third-order valence-corrected chi connectivity index (χ3v) is 4.35. The van der Waals surface area contributed by atoms with Gasteiger partial charge in [-0.2, -0.15) is 0 Å². The first-order valence-corrected chi connectivity index (χ1v) is 9.14. The maximum absolute atomic E-state index is 8.96. The van der Waals surface area contributed by atoms with Crippen molar-refractivity contribution in [1.82, 2.24) is 15.3 Å². The summed E-state index contributed by atoms with van der Waals surface area (Å²) in [6.07, 6.45) is 1.13. The van der Waals surface area contributed by atoms with Crippen molar-refractivity contribution in [2.24, 2.45) is 5.73 Å². The van der Waals surface area contributed by atoms with Gasteiger partial charge in [-0.25, -0.2) is 9.97 Å². The van der Waals surface area contributed by atoms with Crippen molar-refractivity contribution in [1.29, 1.82) is 5.41 Å². The Hall–Kier alpha value is -3.03. The highest BCUT2D eigenvalue weighted by Crippen LogP contribution is 2.31. The normalized spacial score (nSPS) is 11.4. The molecule has 3 aromatic rings. The Morgan fingerprint density at radius 1 is 1.14 bits per heavy atom. The fourth-order valence-electron chi connectivity index (χ4n) is 2.58. The Morgan fingerprint density at radius 3 is 2.68 bits per heavy atom. The number of halogens is 2. The molecule has 0 aliphatic rings. The fraction of sp³-hybridized carbons (Fsp3) is 0.105. The molecule has 28 heavy (non-hydrogen) atoms. The number of para-hydroxylation sites is 1. The zero-order chi connectivity index (χ0) is 20.1. The third kappa shape index (κ3) is 4.82. The molecule has 0 radical (unpaired) electrons. The standard InChI is InChI=1S/C19H18Cl2N6O/c20-11-5-6-12(14(21)9-11)19-26-15-4-2-1-3-13(15)18(27-19)25-8-7-24-16(22)10-17(23)28/h1-6,9-10,28H,7-8,23H2,(H2,22,24)(H,25,26,27)/b17-10+. The van der Waals surface area contributed by atoms with Gasteiger partial charge in [0, 0.05) is 35.1 Å². The van der Waals surface area contributed by atoms with Crippen LogP contribution in [-0.2, 0) is 0 Å². The number of hydrogen-bond acceptors (Lipinski definition) is 6. The SMILES string of the molecule is N=C(/C=C(\N)O)NCCNc1nc(-c2ccc(Cl)cc2Cl)nc2ccccc12. The number of nitrogens with zero attached hydrogens (tertiary/aromatic N) is 2. The van der Waals surface area contributed by atoms with Crippen molar-refractivity contribution in [3.05, 3.63) is 64.5 Å². The van der Waals surface area contributed by atoms with Gasteiger partial charge in [-0.3, -0.25) is 5.41 Å². The number of aliphatic hydroxyl groups excluding tert-OH is 1. The summed E-state index contributed by atoms with van der Waals surface area (Å²) in [6.45, 7) is 0.911. The van der Waals surface area contributed by atoms with Crippen molar-refractivity contribution in [2.75, 3.05) is 18.4 Å². The lowest BCUT2D eigenvalue weighted by atomic mass is 10.2. The Kier molecular flexibility index (Phi) is 6.18. The van der Waals surface area contributed by atoms with Crippen LogP contribution >= 0.6 is 23.2 Å². The summed E-state index contributed by atoms with van der Waals surface area (Å²) in [6, 6.07) is 12.8. The lowest BCUT2D eigenvalue weighted by Gasteiger charge is -2.12. The van der Waals surface area contributed by atoms with Crippen molar-refractivity contribution >= 4 is 45.8 Å². The molecule has 0 fully saturated rings. The monoisotopic (exact) mass is 416 g/mol. The van der Waals surface area contributed by atoms with E-state index in [0.717, 1.165) is 17.0 Å². The number of anilines is 1. The summed E-state index contributed by atoms with van der Waals surface area (Å²) >= 11 is 12.3. The Labute approximate surface area is 171 Å². The highest BCUT2D eigenvalue weighted by molar-refractivity contribution is 6.36. The minimum absolute atomic E-state index is 0.0166. The summed E-state index contributed by atoms with van der Waals surface area (Å²) in [5.41, 5.74) is 6.59. The molecule has 0 aliphatic carbocycles. The van der Waals surface area contributed by atoms with Gasteiger partial charge in [0.25, 0.3) is 0 Å². The van der Waals surface area contributed by atoms with Crippen molar-refractivity contribution in [2.45, 2.75) is 0 Å². The maximum atomic E-state index is 8.96. The zero-order valence-corrected chi connectivity index (χ0v) is 16.2. The predicted molar refractivity (Wildman–Crippen MR) is 114 cm³/mol. The number of nitrogens with one attached hydrogen (secondary N) is 3. The minimum Gasteiger partial charge on any atom is -0.495 e. The number of hydrogen-bond donors (Lipinski definition) is 5. The summed E-state index contributed by atoms with van der Waals surface area (Å²) in [5.74, 6) is 0.733. The van der Waals surface area contributed by atoms with E-state index in [4.69, 9.17) is 39.5 Å². The second-order valence-corrected chi connectivity index (χ2v) is 6.72. The fourth-order valence-corrected chi connectivity index (χ4v) is 3.07. The number of aromatic nitrogens is 2. The van der Waals surface area contributed by atoms with Gasteiger partial charge in [-0.05, 0) is 30.3 Å². The van der Waals surface area contributed by atoms with Crippen LogP contribution in [0.2, 0.25) is 10.0 Å². The smallest absolute Gasteiger partial charge is 0.185 e. The average molecular weight is 417 g/mol. The first-order valence-electron chi connectivity index (χ1n) is 8.38. The van der Waals surface area contributed by atoms with Crippen LogP contribution in [0.4, 0.5) is 5.82 Å². The molecule has 0 spiro atoms. The number of aliphatic hydroxyl groups is 1. The number of rotatable bonds is 6. The number of benzene rings is 2. The van der Waals surface area contributed by atoms with E-state index in [9.17, 15) is 0 Å². The number of amidine groups is 1. The van der Waals surface area contributed by atoms with Gasteiger partial charge in [0.1, 0.15) is 11.7 Å². The van der Waals surface area contributed by atoms with Gasteiger partial charge in [0.05, 0.1) is 10.5 Å². The molecule has 1 heterocycles. The van der Waals surface area contributed by atoms with Crippen LogP contribution in [0, 0.1) is 5.41 Å². The highest BCUT2D eigenvalue weighted by Gasteiger charge is 2.12. The van der Waals surface area contributed by atoms with E-state index >= 15 is 0 Å². The van der Waals surface area contributed by atoms with Crippen LogP contribution in [0.1, 0.15) is 0 Å². The lowest BCUT2D eigenvalue weighted by molar-refractivity contribution is 0.406. The van der Waals surface area contributed by atoms with Crippen molar-refractivity contribution in [3.63, 3.8) is 0 Å². The molecular formula is C19H18Cl2N6O. The Morgan fingerprint density at radius 2 is 1.93 bits per heavy atom. The molecule has 7 nitrogen and oxygen atoms in total. The number of fused-ring (bicyclic) bond motifs is 1. The lowest BCUT2D eigenvalue weighted by Crippen LogP contribution is -2.27. The van der Waals surface area contributed by atoms with E-state index in [2.05, 4.69) is 20.6 Å². The molecule has 0 unspecified atom stereocenters. The van der Waals surface area contributed by atoms with E-state index in [0.29, 0.717) is 40.3 Å². The van der Waals surface area contributed by atoms with E-state index in [1.54, 1.807) is 18.2 Å². The molecule has 6 N–H and O–H groups in total. The Bertz CT molecular complexity index is 1050. The van der Waals surface area contributed by atoms with Gasteiger partial charge in [0.2, 0.25) is 0 Å². The van der Waals surface area contributed by atoms with E-state index in [1.165, 1.54) is 0 Å². The van der Waals surface area contributed by atoms with Crippen LogP contribution in [0.15, 0.2) is 54.4 Å². The highest BCUT2D eigenvalue weighted by atomic mass is 35.5. The quantitative estimate of drug-likeness (QED) is 0.179. The van der Waals surface area contributed by atoms with Crippen LogP contribution in [-0.4, -0.2) is 34.0 Å².